The molecule has 0 saturated heterocycles. The standard InChI is InChI=1S/C26H31N3O2/c1-17(2)25(27-21-11-9-19(10-12-21)26(30)31-4)23-14-13-22(15-18(23)3)29-16-20-7-5-6-8-24(20)28-29/h9-17,25,27H,5-8H2,1-4H3. The van der Waals surface area contributed by atoms with Gasteiger partial charge in [0.1, 0.15) is 0 Å². The molecule has 162 valence electrons. The van der Waals surface area contributed by atoms with Crippen molar-refractivity contribution in [3.05, 3.63) is 76.6 Å². The molecule has 0 amide bonds. The van der Waals surface area contributed by atoms with Gasteiger partial charge < -0.3 is 10.1 Å². The number of methoxy groups -OCH3 is 1. The Morgan fingerprint density at radius 2 is 1.84 bits per heavy atom. The molecule has 0 saturated carbocycles. The van der Waals surface area contributed by atoms with Gasteiger partial charge in [-0.15, -0.1) is 0 Å². The number of aromatic nitrogens is 2. The zero-order valence-electron chi connectivity index (χ0n) is 18.8. The third-order valence-electron chi connectivity index (χ3n) is 6.13. The number of fused-ring (bicyclic) bond motifs is 1. The summed E-state index contributed by atoms with van der Waals surface area (Å²) in [5.74, 6) is 0.0699. The van der Waals surface area contributed by atoms with Gasteiger partial charge in [0.05, 0.1) is 30.1 Å². The molecule has 4 rings (SSSR count). The van der Waals surface area contributed by atoms with E-state index in [0.29, 0.717) is 11.5 Å². The molecule has 1 aliphatic carbocycles. The van der Waals surface area contributed by atoms with E-state index in [1.54, 1.807) is 12.1 Å². The van der Waals surface area contributed by atoms with Crippen molar-refractivity contribution in [3.8, 4) is 5.69 Å². The van der Waals surface area contributed by atoms with Gasteiger partial charge in [-0.2, -0.15) is 5.10 Å². The van der Waals surface area contributed by atoms with Crippen LogP contribution in [0.3, 0.4) is 0 Å². The van der Waals surface area contributed by atoms with E-state index in [4.69, 9.17) is 9.84 Å². The Morgan fingerprint density at radius 1 is 1.10 bits per heavy atom. The van der Waals surface area contributed by atoms with Gasteiger partial charge in [0.25, 0.3) is 0 Å². The van der Waals surface area contributed by atoms with Crippen LogP contribution in [0.4, 0.5) is 5.69 Å². The van der Waals surface area contributed by atoms with Crippen LogP contribution in [0.5, 0.6) is 0 Å². The molecule has 1 unspecified atom stereocenters. The van der Waals surface area contributed by atoms with E-state index in [1.165, 1.54) is 42.3 Å². The Kier molecular flexibility index (Phi) is 6.12. The third kappa shape index (κ3) is 4.50. The van der Waals surface area contributed by atoms with Gasteiger partial charge in [-0.25, -0.2) is 9.48 Å². The molecule has 1 aromatic heterocycles. The molecule has 31 heavy (non-hydrogen) atoms. The number of rotatable bonds is 6. The first kappa shape index (κ1) is 21.2. The molecule has 3 aromatic rings. The summed E-state index contributed by atoms with van der Waals surface area (Å²) in [6.07, 6.45) is 6.93. The monoisotopic (exact) mass is 417 g/mol. The molecule has 5 heteroatoms. The second-order valence-electron chi connectivity index (χ2n) is 8.73. The van der Waals surface area contributed by atoms with E-state index in [-0.39, 0.29) is 12.0 Å². The topological polar surface area (TPSA) is 56.1 Å². The van der Waals surface area contributed by atoms with Crippen LogP contribution >= 0.6 is 0 Å². The van der Waals surface area contributed by atoms with Crippen LogP contribution in [-0.2, 0) is 17.6 Å². The number of carbonyl (C=O) groups is 1. The van der Waals surface area contributed by atoms with E-state index >= 15 is 0 Å². The summed E-state index contributed by atoms with van der Waals surface area (Å²) in [5.41, 5.74) is 7.80. The van der Waals surface area contributed by atoms with Crippen LogP contribution in [0, 0.1) is 12.8 Å². The first-order valence-corrected chi connectivity index (χ1v) is 11.1. The second kappa shape index (κ2) is 8.96. The van der Waals surface area contributed by atoms with Gasteiger partial charge in [0.15, 0.2) is 0 Å². The molecule has 0 spiro atoms. The predicted octanol–water partition coefficient (Wildman–Crippen LogP) is 5.66. The number of hydrogen-bond donors (Lipinski definition) is 1. The number of aryl methyl sites for hydroxylation is 3. The first-order valence-electron chi connectivity index (χ1n) is 11.1. The van der Waals surface area contributed by atoms with Gasteiger partial charge in [0.2, 0.25) is 0 Å². The Balaban J connectivity index is 1.57. The molecule has 0 fully saturated rings. The van der Waals surface area contributed by atoms with Crippen LogP contribution in [0.2, 0.25) is 0 Å². The normalized spacial score (nSPS) is 14.2. The van der Waals surface area contributed by atoms with Crippen LogP contribution in [0.15, 0.2) is 48.7 Å². The van der Waals surface area contributed by atoms with E-state index < -0.39 is 0 Å². The van der Waals surface area contributed by atoms with Crippen molar-refractivity contribution in [2.24, 2.45) is 5.92 Å². The van der Waals surface area contributed by atoms with Gasteiger partial charge >= 0.3 is 5.97 Å². The number of carbonyl (C=O) groups excluding carboxylic acids is 1. The number of hydrogen-bond acceptors (Lipinski definition) is 4. The maximum absolute atomic E-state index is 11.7. The van der Waals surface area contributed by atoms with E-state index in [1.807, 2.05) is 16.8 Å². The highest BCUT2D eigenvalue weighted by atomic mass is 16.5. The van der Waals surface area contributed by atoms with Gasteiger partial charge in [-0.1, -0.05) is 19.9 Å². The average molecular weight is 418 g/mol. The van der Waals surface area contributed by atoms with Crippen LogP contribution in [-0.4, -0.2) is 22.9 Å². The fourth-order valence-electron chi connectivity index (χ4n) is 4.36. The highest BCUT2D eigenvalue weighted by Crippen LogP contribution is 2.31. The number of benzene rings is 2. The van der Waals surface area contributed by atoms with Crippen molar-refractivity contribution >= 4 is 11.7 Å². The summed E-state index contributed by atoms with van der Waals surface area (Å²) in [4.78, 5) is 11.7. The fraction of sp³-hybridized carbons (Fsp3) is 0.385. The Labute approximate surface area is 184 Å². The minimum Gasteiger partial charge on any atom is -0.465 e. The average Bonchev–Trinajstić information content (AvgIpc) is 3.22. The lowest BCUT2D eigenvalue weighted by Gasteiger charge is -2.26. The highest BCUT2D eigenvalue weighted by Gasteiger charge is 2.19. The molecule has 2 aromatic carbocycles. The molecule has 1 heterocycles. The lowest BCUT2D eigenvalue weighted by Crippen LogP contribution is -2.18. The van der Waals surface area contributed by atoms with Crippen LogP contribution in [0.1, 0.15) is 65.5 Å². The molecule has 1 atom stereocenters. The predicted molar refractivity (Wildman–Crippen MR) is 124 cm³/mol. The van der Waals surface area contributed by atoms with Crippen molar-refractivity contribution in [1.82, 2.24) is 9.78 Å². The van der Waals surface area contributed by atoms with Crippen LogP contribution < -0.4 is 5.32 Å². The quantitative estimate of drug-likeness (QED) is 0.526. The molecule has 1 N–H and O–H groups in total. The lowest BCUT2D eigenvalue weighted by molar-refractivity contribution is 0.0601. The third-order valence-corrected chi connectivity index (χ3v) is 6.13. The first-order chi connectivity index (χ1) is 15.0. The van der Waals surface area contributed by atoms with Crippen molar-refractivity contribution < 1.29 is 9.53 Å². The minimum atomic E-state index is -0.321. The molecule has 0 bridgehead atoms. The molecule has 5 nitrogen and oxygen atoms in total. The number of esters is 1. The summed E-state index contributed by atoms with van der Waals surface area (Å²) in [5, 5.41) is 8.48. The van der Waals surface area contributed by atoms with Crippen molar-refractivity contribution in [1.29, 1.82) is 0 Å². The van der Waals surface area contributed by atoms with Crippen molar-refractivity contribution in [2.75, 3.05) is 12.4 Å². The minimum absolute atomic E-state index is 0.156. The van der Waals surface area contributed by atoms with E-state index in [0.717, 1.165) is 24.2 Å². The fourth-order valence-corrected chi connectivity index (χ4v) is 4.36. The summed E-state index contributed by atoms with van der Waals surface area (Å²) in [6.45, 7) is 6.60. The maximum atomic E-state index is 11.7. The number of ether oxygens (including phenoxy) is 1. The second-order valence-corrected chi connectivity index (χ2v) is 8.73. The number of nitrogens with zero attached hydrogens (tertiary/aromatic N) is 2. The smallest absolute Gasteiger partial charge is 0.337 e. The molecular formula is C26H31N3O2. The van der Waals surface area contributed by atoms with E-state index in [2.05, 4.69) is 50.5 Å². The van der Waals surface area contributed by atoms with E-state index in [9.17, 15) is 4.79 Å². The van der Waals surface area contributed by atoms with Crippen LogP contribution in [0.25, 0.3) is 5.69 Å². The maximum Gasteiger partial charge on any atom is 0.337 e. The van der Waals surface area contributed by atoms with Crippen molar-refractivity contribution in [2.45, 2.75) is 52.5 Å². The zero-order valence-corrected chi connectivity index (χ0v) is 18.8. The number of anilines is 1. The Hall–Kier alpha value is -3.08. The molecule has 0 radical (unpaired) electrons. The molecule has 1 aliphatic rings. The lowest BCUT2D eigenvalue weighted by atomic mass is 9.92. The SMILES string of the molecule is COC(=O)c1ccc(NC(c2ccc(-n3cc4c(n3)CCCC4)cc2C)C(C)C)cc1. The van der Waals surface area contributed by atoms with Gasteiger partial charge in [-0.05, 0) is 91.6 Å². The Morgan fingerprint density at radius 3 is 2.48 bits per heavy atom. The Bertz CT molecular complexity index is 1040. The van der Waals surface area contributed by atoms with Gasteiger partial charge in [0, 0.05) is 11.9 Å². The summed E-state index contributed by atoms with van der Waals surface area (Å²) < 4.78 is 6.83. The van der Waals surface area contributed by atoms with Gasteiger partial charge in [-0.3, -0.25) is 0 Å². The molecule has 0 aliphatic heterocycles. The molecular weight excluding hydrogens is 386 g/mol. The largest absolute Gasteiger partial charge is 0.465 e. The highest BCUT2D eigenvalue weighted by molar-refractivity contribution is 5.89. The summed E-state index contributed by atoms with van der Waals surface area (Å²) in [6, 6.07) is 14.2. The summed E-state index contributed by atoms with van der Waals surface area (Å²) in [7, 11) is 1.40. The summed E-state index contributed by atoms with van der Waals surface area (Å²) >= 11 is 0. The number of nitrogens with one attached hydrogen (secondary N) is 1. The zero-order chi connectivity index (χ0) is 22.0. The van der Waals surface area contributed by atoms with Crippen molar-refractivity contribution in [3.63, 3.8) is 0 Å².